The molecule has 10 heteroatoms. The quantitative estimate of drug-likeness (QED) is 0.211. The third kappa shape index (κ3) is 6.34. The van der Waals surface area contributed by atoms with Crippen molar-refractivity contribution in [2.45, 2.75) is 30.2 Å². The fourth-order valence-electron chi connectivity index (χ4n) is 3.71. The smallest absolute Gasteiger partial charge is 0.339 e. The Balaban J connectivity index is 1.75. The van der Waals surface area contributed by atoms with E-state index in [1.807, 2.05) is 6.92 Å². The molecule has 0 fully saturated rings. The van der Waals surface area contributed by atoms with Gasteiger partial charge in [-0.1, -0.05) is 35.9 Å². The van der Waals surface area contributed by atoms with Gasteiger partial charge in [0.15, 0.2) is 5.75 Å². The van der Waals surface area contributed by atoms with Gasteiger partial charge in [-0.05, 0) is 85.1 Å². The van der Waals surface area contributed by atoms with Crippen LogP contribution in [-0.4, -0.2) is 28.5 Å². The van der Waals surface area contributed by atoms with Crippen molar-refractivity contribution in [1.82, 2.24) is 0 Å². The van der Waals surface area contributed by atoms with E-state index in [0.29, 0.717) is 33.8 Å². The molecule has 4 aromatic carbocycles. The molecule has 198 valence electrons. The standard InChI is InChI=1S/C28H26O8S2/c1-19-4-12-24(13-5-19)38(32,33)36-28-16-21(18-35-23-10-8-22(34-3)9-11-23)7-15-26(28)27-17-25(37(29,30)31)14-6-20(27)2/h4-17H,18H2,1-3H3,(H,29,30,31). The molecule has 0 radical (unpaired) electrons. The van der Waals surface area contributed by atoms with Gasteiger partial charge in [-0.15, -0.1) is 0 Å². The van der Waals surface area contributed by atoms with Gasteiger partial charge in [-0.3, -0.25) is 4.55 Å². The van der Waals surface area contributed by atoms with E-state index in [4.69, 9.17) is 13.7 Å². The van der Waals surface area contributed by atoms with Crippen LogP contribution in [0.25, 0.3) is 11.1 Å². The fraction of sp³-hybridized carbons (Fsp3) is 0.143. The topological polar surface area (TPSA) is 116 Å². The number of ether oxygens (including phenoxy) is 2. The lowest BCUT2D eigenvalue weighted by molar-refractivity contribution is 0.305. The summed E-state index contributed by atoms with van der Waals surface area (Å²) in [7, 11) is -7.15. The van der Waals surface area contributed by atoms with Crippen LogP contribution in [0.4, 0.5) is 0 Å². The van der Waals surface area contributed by atoms with Crippen LogP contribution in [-0.2, 0) is 26.8 Å². The van der Waals surface area contributed by atoms with Gasteiger partial charge in [0.1, 0.15) is 23.0 Å². The van der Waals surface area contributed by atoms with E-state index in [1.54, 1.807) is 62.6 Å². The zero-order chi connectivity index (χ0) is 27.5. The van der Waals surface area contributed by atoms with E-state index in [0.717, 1.165) is 5.56 Å². The predicted molar refractivity (Wildman–Crippen MR) is 143 cm³/mol. The highest BCUT2D eigenvalue weighted by molar-refractivity contribution is 7.87. The molecule has 0 saturated carbocycles. The van der Waals surface area contributed by atoms with Crippen molar-refractivity contribution >= 4 is 20.2 Å². The number of methoxy groups -OCH3 is 1. The Kier molecular flexibility index (Phi) is 7.77. The molecule has 0 atom stereocenters. The van der Waals surface area contributed by atoms with E-state index in [9.17, 15) is 21.4 Å². The average Bonchev–Trinajstić information content (AvgIpc) is 2.88. The van der Waals surface area contributed by atoms with Gasteiger partial charge in [0, 0.05) is 5.56 Å². The van der Waals surface area contributed by atoms with E-state index in [1.165, 1.54) is 36.4 Å². The third-order valence-corrected chi connectivity index (χ3v) is 7.92. The van der Waals surface area contributed by atoms with Crippen molar-refractivity contribution in [2.75, 3.05) is 7.11 Å². The molecule has 38 heavy (non-hydrogen) atoms. The molecule has 1 N–H and O–H groups in total. The summed E-state index contributed by atoms with van der Waals surface area (Å²) in [6.07, 6.45) is 0. The summed E-state index contributed by atoms with van der Waals surface area (Å²) >= 11 is 0. The summed E-state index contributed by atoms with van der Waals surface area (Å²) in [4.78, 5) is -0.352. The molecule has 4 rings (SSSR count). The van der Waals surface area contributed by atoms with Crippen LogP contribution in [0.2, 0.25) is 0 Å². The van der Waals surface area contributed by atoms with Crippen LogP contribution in [0.5, 0.6) is 17.2 Å². The van der Waals surface area contributed by atoms with E-state index < -0.39 is 20.2 Å². The first-order chi connectivity index (χ1) is 18.0. The van der Waals surface area contributed by atoms with Gasteiger partial charge in [0.05, 0.1) is 12.0 Å². The van der Waals surface area contributed by atoms with Crippen LogP contribution in [0.1, 0.15) is 16.7 Å². The molecule has 0 heterocycles. The minimum Gasteiger partial charge on any atom is -0.497 e. The number of rotatable bonds is 9. The molecule has 0 spiro atoms. The van der Waals surface area contributed by atoms with Crippen LogP contribution in [0.15, 0.2) is 94.7 Å². The van der Waals surface area contributed by atoms with Gasteiger partial charge in [0.25, 0.3) is 10.1 Å². The van der Waals surface area contributed by atoms with Gasteiger partial charge >= 0.3 is 10.1 Å². The first-order valence-corrected chi connectivity index (χ1v) is 14.3. The van der Waals surface area contributed by atoms with Crippen molar-refractivity contribution < 1.29 is 35.0 Å². The molecule has 0 aromatic heterocycles. The molecular formula is C28H26O8S2. The molecule has 0 saturated heterocycles. The molecule has 4 aromatic rings. The first-order valence-electron chi connectivity index (χ1n) is 11.5. The Morgan fingerprint density at radius 2 is 1.34 bits per heavy atom. The number of hydrogen-bond acceptors (Lipinski definition) is 7. The maximum Gasteiger partial charge on any atom is 0.339 e. The highest BCUT2D eigenvalue weighted by Gasteiger charge is 2.22. The lowest BCUT2D eigenvalue weighted by Gasteiger charge is -2.16. The fourth-order valence-corrected chi connectivity index (χ4v) is 5.16. The molecule has 0 aliphatic heterocycles. The monoisotopic (exact) mass is 554 g/mol. The van der Waals surface area contributed by atoms with Crippen LogP contribution >= 0.6 is 0 Å². The van der Waals surface area contributed by atoms with Crippen molar-refractivity contribution in [3.05, 3.63) is 102 Å². The van der Waals surface area contributed by atoms with E-state index >= 15 is 0 Å². The number of aryl methyl sites for hydroxylation is 2. The normalized spacial score (nSPS) is 11.7. The maximum absolute atomic E-state index is 13.2. The summed E-state index contributed by atoms with van der Waals surface area (Å²) in [6.45, 7) is 3.69. The largest absolute Gasteiger partial charge is 0.497 e. The Bertz CT molecular complexity index is 1660. The minimum atomic E-state index is -4.49. The molecular weight excluding hydrogens is 528 g/mol. The maximum atomic E-state index is 13.2. The summed E-state index contributed by atoms with van der Waals surface area (Å²) in [6, 6.07) is 22.2. The Morgan fingerprint density at radius 1 is 0.711 bits per heavy atom. The zero-order valence-electron chi connectivity index (χ0n) is 20.9. The molecule has 0 unspecified atom stereocenters. The molecule has 0 bridgehead atoms. The summed E-state index contributed by atoms with van der Waals surface area (Å²) < 4.78 is 76.0. The SMILES string of the molecule is COc1ccc(OCc2ccc(-c3cc(S(=O)(=O)O)ccc3C)c(OS(=O)(=O)c3ccc(C)cc3)c2)cc1. The van der Waals surface area contributed by atoms with Crippen molar-refractivity contribution in [1.29, 1.82) is 0 Å². The van der Waals surface area contributed by atoms with Gasteiger partial charge in [-0.25, -0.2) is 0 Å². The average molecular weight is 555 g/mol. The van der Waals surface area contributed by atoms with Gasteiger partial charge in [-0.2, -0.15) is 16.8 Å². The van der Waals surface area contributed by atoms with Crippen LogP contribution < -0.4 is 13.7 Å². The summed E-state index contributed by atoms with van der Waals surface area (Å²) in [5, 5.41) is 0. The molecule has 0 amide bonds. The second-order valence-corrected chi connectivity index (χ2v) is 11.6. The Labute approximate surface area is 222 Å². The first kappa shape index (κ1) is 27.2. The number of benzene rings is 4. The van der Waals surface area contributed by atoms with Crippen LogP contribution in [0, 0.1) is 13.8 Å². The lowest BCUT2D eigenvalue weighted by Crippen LogP contribution is -2.11. The molecule has 8 nitrogen and oxygen atoms in total. The summed E-state index contributed by atoms with van der Waals surface area (Å²) in [5.41, 5.74) is 2.87. The van der Waals surface area contributed by atoms with Gasteiger partial charge in [0.2, 0.25) is 0 Å². The second-order valence-electron chi connectivity index (χ2n) is 8.60. The zero-order valence-corrected chi connectivity index (χ0v) is 22.5. The third-order valence-electron chi connectivity index (χ3n) is 5.82. The second kappa shape index (κ2) is 10.9. The lowest BCUT2D eigenvalue weighted by atomic mass is 9.98. The predicted octanol–water partition coefficient (Wildman–Crippen LogP) is 5.57. The van der Waals surface area contributed by atoms with Crippen molar-refractivity contribution in [3.8, 4) is 28.4 Å². The minimum absolute atomic E-state index is 0.0167. The summed E-state index contributed by atoms with van der Waals surface area (Å²) in [5.74, 6) is 1.25. The van der Waals surface area contributed by atoms with Crippen molar-refractivity contribution in [2.24, 2.45) is 0 Å². The van der Waals surface area contributed by atoms with E-state index in [-0.39, 0.29) is 22.1 Å². The van der Waals surface area contributed by atoms with Crippen molar-refractivity contribution in [3.63, 3.8) is 0 Å². The molecule has 0 aliphatic carbocycles. The highest BCUT2D eigenvalue weighted by Crippen LogP contribution is 2.36. The van der Waals surface area contributed by atoms with E-state index in [2.05, 4.69) is 0 Å². The Hall–Kier alpha value is -3.86. The molecule has 0 aliphatic rings. The van der Waals surface area contributed by atoms with Crippen LogP contribution in [0.3, 0.4) is 0 Å². The van der Waals surface area contributed by atoms with Gasteiger partial charge < -0.3 is 13.7 Å². The highest BCUT2D eigenvalue weighted by atomic mass is 32.2. The Morgan fingerprint density at radius 3 is 1.97 bits per heavy atom. The number of hydrogen-bond donors (Lipinski definition) is 1.